The zero-order chi connectivity index (χ0) is 27.6. The maximum atomic E-state index is 13.5. The maximum Gasteiger partial charge on any atom is 0.253 e. The number of fused-ring (bicyclic) bond motifs is 1. The van der Waals surface area contributed by atoms with Crippen molar-refractivity contribution < 1.29 is 14.3 Å². The molecule has 1 saturated heterocycles. The molecule has 2 aromatic heterocycles. The molecule has 2 aliphatic heterocycles. The van der Waals surface area contributed by atoms with Gasteiger partial charge >= 0.3 is 0 Å². The van der Waals surface area contributed by atoms with Crippen molar-refractivity contribution in [2.45, 2.75) is 23.9 Å². The van der Waals surface area contributed by atoms with Crippen molar-refractivity contribution in [3.05, 3.63) is 99.1 Å². The number of hydrogen-bond acceptors (Lipinski definition) is 11. The van der Waals surface area contributed by atoms with Crippen LogP contribution in [0.3, 0.4) is 0 Å². The van der Waals surface area contributed by atoms with Crippen molar-refractivity contribution in [3.63, 3.8) is 0 Å². The number of nitrogens with one attached hydrogen (secondary N) is 1. The van der Waals surface area contributed by atoms with Crippen LogP contribution in [0.1, 0.15) is 27.9 Å². The highest BCUT2D eigenvalue weighted by Crippen LogP contribution is 2.45. The molecule has 0 aliphatic carbocycles. The third-order valence-electron chi connectivity index (χ3n) is 6.44. The van der Waals surface area contributed by atoms with Crippen molar-refractivity contribution in [2.75, 3.05) is 11.5 Å². The predicted molar refractivity (Wildman–Crippen MR) is 160 cm³/mol. The quantitative estimate of drug-likeness (QED) is 0.226. The van der Waals surface area contributed by atoms with E-state index in [0.717, 1.165) is 16.7 Å². The van der Waals surface area contributed by atoms with Gasteiger partial charge < -0.3 is 15.8 Å². The van der Waals surface area contributed by atoms with Crippen molar-refractivity contribution >= 4 is 74.2 Å². The van der Waals surface area contributed by atoms with E-state index in [1.807, 2.05) is 60.7 Å². The molecule has 2 atom stereocenters. The first-order chi connectivity index (χ1) is 19.5. The Kier molecular flexibility index (Phi) is 7.61. The fourth-order valence-corrected chi connectivity index (χ4v) is 7.53. The molecule has 2 aromatic carbocycles. The summed E-state index contributed by atoms with van der Waals surface area (Å²) in [6.45, 7) is 0. The van der Waals surface area contributed by atoms with Gasteiger partial charge in [0.2, 0.25) is 11.0 Å². The predicted octanol–water partition coefficient (Wildman–Crippen LogP) is 4.06. The van der Waals surface area contributed by atoms with Gasteiger partial charge in [-0.15, -0.1) is 44.6 Å². The number of nitrogens with two attached hydrogens (primary N) is 1. The Hall–Kier alpha value is -3.65. The molecule has 0 unspecified atom stereocenters. The van der Waals surface area contributed by atoms with E-state index in [4.69, 9.17) is 22.7 Å². The second-order valence-electron chi connectivity index (χ2n) is 8.99. The average Bonchev–Trinajstić information content (AvgIpc) is 3.66. The largest absolute Gasteiger partial charge is 0.469 e. The number of ether oxygens (including phenoxy) is 1. The first-order valence-electron chi connectivity index (χ1n) is 12.2. The van der Waals surface area contributed by atoms with Crippen LogP contribution in [0.4, 0.5) is 5.13 Å². The lowest BCUT2D eigenvalue weighted by atomic mass is 10.0. The summed E-state index contributed by atoms with van der Waals surface area (Å²) in [6, 6.07) is 18.9. The Labute approximate surface area is 247 Å². The van der Waals surface area contributed by atoms with Gasteiger partial charge in [0.15, 0.2) is 5.13 Å². The first-order valence-corrected chi connectivity index (χ1v) is 15.5. The fraction of sp³-hybridized carbons (Fsp3) is 0.185. The summed E-state index contributed by atoms with van der Waals surface area (Å²) in [4.78, 5) is 32.0. The van der Waals surface area contributed by atoms with Gasteiger partial charge in [0, 0.05) is 16.7 Å². The molecule has 9 nitrogen and oxygen atoms in total. The molecule has 0 spiro atoms. The van der Waals surface area contributed by atoms with Gasteiger partial charge in [0.1, 0.15) is 33.7 Å². The minimum atomic E-state index is -0.693. The van der Waals surface area contributed by atoms with Crippen LogP contribution in [-0.4, -0.2) is 54.1 Å². The Morgan fingerprint density at radius 3 is 2.42 bits per heavy atom. The fourth-order valence-electron chi connectivity index (χ4n) is 4.62. The third-order valence-corrected chi connectivity index (χ3v) is 9.48. The second-order valence-corrected chi connectivity index (χ2v) is 12.2. The zero-order valence-electron chi connectivity index (χ0n) is 20.8. The van der Waals surface area contributed by atoms with E-state index in [9.17, 15) is 9.59 Å². The van der Waals surface area contributed by atoms with Gasteiger partial charge in [-0.3, -0.25) is 14.5 Å². The summed E-state index contributed by atoms with van der Waals surface area (Å²) < 4.78 is 6.51. The number of nitrogen functional groups attached to an aromatic ring is 1. The monoisotopic (exact) mass is 606 g/mol. The molecule has 13 heteroatoms. The number of β-lactam (4-membered cyclic amide) rings is 1. The van der Waals surface area contributed by atoms with Gasteiger partial charge in [-0.25, -0.2) is 4.98 Å². The highest BCUT2D eigenvalue weighted by atomic mass is 32.2. The number of anilines is 1. The second kappa shape index (κ2) is 11.5. The third kappa shape index (κ3) is 5.24. The number of thiazole rings is 1. The van der Waals surface area contributed by atoms with E-state index in [1.165, 1.54) is 34.4 Å². The molecular weight excluding hydrogens is 585 g/mol. The lowest BCUT2D eigenvalue weighted by molar-refractivity contribution is -0.145. The summed E-state index contributed by atoms with van der Waals surface area (Å²) in [7, 11) is 0. The molecule has 0 radical (unpaired) electrons. The number of thioether (sulfide) groups is 1. The van der Waals surface area contributed by atoms with E-state index in [2.05, 4.69) is 20.5 Å². The molecule has 2 aliphatic rings. The van der Waals surface area contributed by atoms with Crippen LogP contribution >= 0.6 is 46.7 Å². The van der Waals surface area contributed by atoms with Gasteiger partial charge in [0.05, 0.1) is 12.1 Å². The Morgan fingerprint density at radius 1 is 1.12 bits per heavy atom. The molecule has 3 N–H and O–H groups in total. The number of carbonyl (C=O) groups is 2. The Balaban J connectivity index is 1.28. The standard InChI is InChI=1S/C27H22N6O3S4/c28-27-30-17(12-39-27)11-19(34)31-20-24(35)33-21(18(13-38-25(20)33)23-32-29-14-40-23)26(37)36-22(15-7-3-1-4-8-15)16-9-5-2-6-10-16/h1-10,12,14,20,22,25H,11,13H2,(H2,28,30)(H,31,34)/t20-,25-/m1/s1. The molecule has 1 fully saturated rings. The van der Waals surface area contributed by atoms with Crippen LogP contribution in [0.5, 0.6) is 0 Å². The number of hydrogen-bond donors (Lipinski definition) is 2. The molecule has 40 heavy (non-hydrogen) atoms. The van der Waals surface area contributed by atoms with E-state index in [0.29, 0.717) is 27.3 Å². The minimum absolute atomic E-state index is 0.0466. The van der Waals surface area contributed by atoms with Crippen LogP contribution in [0.2, 0.25) is 0 Å². The SMILES string of the molecule is Nc1nc(CC(=O)N[C@@H]2C(=O)N3C(C(=S)OC(c4ccccc4)c4ccccc4)=C(c4nncs4)CS[C@H]23)cs1. The molecule has 0 saturated carbocycles. The van der Waals surface area contributed by atoms with Crippen LogP contribution in [0, 0.1) is 0 Å². The van der Waals surface area contributed by atoms with E-state index >= 15 is 0 Å². The highest BCUT2D eigenvalue weighted by molar-refractivity contribution is 8.00. The van der Waals surface area contributed by atoms with Crippen LogP contribution in [0.25, 0.3) is 5.57 Å². The van der Waals surface area contributed by atoms with Crippen molar-refractivity contribution in [3.8, 4) is 0 Å². The molecule has 0 bridgehead atoms. The lowest BCUT2D eigenvalue weighted by Gasteiger charge is -2.50. The number of thiocarbonyl (C=S) groups is 1. The number of rotatable bonds is 8. The topological polar surface area (TPSA) is 123 Å². The lowest BCUT2D eigenvalue weighted by Crippen LogP contribution is -2.70. The van der Waals surface area contributed by atoms with Crippen molar-refractivity contribution in [1.29, 1.82) is 0 Å². The number of aromatic nitrogens is 3. The van der Waals surface area contributed by atoms with Crippen molar-refractivity contribution in [2.24, 2.45) is 0 Å². The summed E-state index contributed by atoms with van der Waals surface area (Å²) in [6.07, 6.45) is -0.436. The normalized spacial score (nSPS) is 18.3. The summed E-state index contributed by atoms with van der Waals surface area (Å²) in [5, 5.41) is 13.8. The zero-order valence-corrected chi connectivity index (χ0v) is 24.1. The smallest absolute Gasteiger partial charge is 0.253 e. The van der Waals surface area contributed by atoms with Crippen LogP contribution < -0.4 is 11.1 Å². The van der Waals surface area contributed by atoms with E-state index in [1.54, 1.807) is 15.8 Å². The maximum absolute atomic E-state index is 13.5. The molecule has 6 rings (SSSR count). The number of amides is 2. The van der Waals surface area contributed by atoms with Gasteiger partial charge in [0.25, 0.3) is 5.91 Å². The van der Waals surface area contributed by atoms with Crippen LogP contribution in [0.15, 0.2) is 77.3 Å². The van der Waals surface area contributed by atoms with E-state index in [-0.39, 0.29) is 28.7 Å². The number of nitrogens with zero attached hydrogens (tertiary/aromatic N) is 4. The molecule has 2 amide bonds. The number of carbonyl (C=O) groups excluding carboxylic acids is 2. The highest BCUT2D eigenvalue weighted by Gasteiger charge is 2.54. The van der Waals surface area contributed by atoms with Gasteiger partial charge in [-0.2, -0.15) is 0 Å². The molecule has 4 aromatic rings. The average molecular weight is 607 g/mol. The Bertz CT molecular complexity index is 1540. The summed E-state index contributed by atoms with van der Waals surface area (Å²) >= 11 is 10.1. The molecule has 202 valence electrons. The summed E-state index contributed by atoms with van der Waals surface area (Å²) in [5.74, 6) is -0.0302. The van der Waals surface area contributed by atoms with E-state index < -0.39 is 12.1 Å². The minimum Gasteiger partial charge on any atom is -0.469 e. The summed E-state index contributed by atoms with van der Waals surface area (Å²) in [5.41, 5.74) is 11.0. The molecule has 4 heterocycles. The number of benzene rings is 2. The molecular formula is C27H22N6O3S4. The van der Waals surface area contributed by atoms with Crippen molar-refractivity contribution in [1.82, 2.24) is 25.4 Å². The van der Waals surface area contributed by atoms with Gasteiger partial charge in [-0.05, 0) is 23.3 Å². The first kappa shape index (κ1) is 26.6. The Morgan fingerprint density at radius 2 is 1.82 bits per heavy atom. The van der Waals surface area contributed by atoms with Crippen LogP contribution in [-0.2, 0) is 20.7 Å². The van der Waals surface area contributed by atoms with Gasteiger partial charge in [-0.1, -0.05) is 60.7 Å².